The Morgan fingerprint density at radius 1 is 1.20 bits per heavy atom. The van der Waals surface area contributed by atoms with Gasteiger partial charge in [-0.2, -0.15) is 0 Å². The molecule has 3 rings (SSSR count). The largest absolute Gasteiger partial charge is 0.476 e. The Kier molecular flexibility index (Phi) is 4.43. The summed E-state index contributed by atoms with van der Waals surface area (Å²) >= 11 is 0. The van der Waals surface area contributed by atoms with Crippen LogP contribution in [0.1, 0.15) is 11.1 Å². The fraction of sp³-hybridized carbons (Fsp3) is 0.278. The van der Waals surface area contributed by atoms with Crippen molar-refractivity contribution in [1.82, 2.24) is 0 Å². The first-order chi connectivity index (χ1) is 11.8. The summed E-state index contributed by atoms with van der Waals surface area (Å²) < 4.78 is 31.4. The molecule has 0 spiro atoms. The van der Waals surface area contributed by atoms with E-state index < -0.39 is 16.1 Å². The standard InChI is InChI=1S/C18H20N2O4S/c1-12-8-9-16-15(10-12)20(25(3,22)23)11-17(24-16)18(21)19-14-7-5-4-6-13(14)2/h4-10,17H,11H2,1-3H3,(H,19,21)/t17-/m1/s1. The monoisotopic (exact) mass is 360 g/mol. The van der Waals surface area contributed by atoms with E-state index in [0.29, 0.717) is 17.1 Å². The van der Waals surface area contributed by atoms with Crippen LogP contribution in [0.25, 0.3) is 0 Å². The van der Waals surface area contributed by atoms with Gasteiger partial charge in [0.2, 0.25) is 10.0 Å². The summed E-state index contributed by atoms with van der Waals surface area (Å²) in [7, 11) is -3.53. The number of carbonyl (C=O) groups excluding carboxylic acids is 1. The molecule has 0 saturated carbocycles. The van der Waals surface area contributed by atoms with Crippen LogP contribution in [0.3, 0.4) is 0 Å². The van der Waals surface area contributed by atoms with E-state index in [2.05, 4.69) is 5.32 Å². The van der Waals surface area contributed by atoms with E-state index in [0.717, 1.165) is 17.4 Å². The van der Waals surface area contributed by atoms with Crippen LogP contribution < -0.4 is 14.4 Å². The number of hydrogen-bond donors (Lipinski definition) is 1. The minimum atomic E-state index is -3.53. The minimum Gasteiger partial charge on any atom is -0.476 e. The van der Waals surface area contributed by atoms with Gasteiger partial charge >= 0.3 is 0 Å². The van der Waals surface area contributed by atoms with Crippen molar-refractivity contribution in [3.05, 3.63) is 53.6 Å². The van der Waals surface area contributed by atoms with Gasteiger partial charge in [-0.05, 0) is 43.2 Å². The molecule has 7 heteroatoms. The molecule has 0 aliphatic carbocycles. The lowest BCUT2D eigenvalue weighted by Crippen LogP contribution is -2.48. The molecule has 1 amide bonds. The molecule has 0 fully saturated rings. The molecule has 0 bridgehead atoms. The summed E-state index contributed by atoms with van der Waals surface area (Å²) in [6, 6.07) is 12.6. The predicted octanol–water partition coefficient (Wildman–Crippen LogP) is 2.47. The number of carbonyl (C=O) groups is 1. The highest BCUT2D eigenvalue weighted by Gasteiger charge is 2.35. The third kappa shape index (κ3) is 3.61. The summed E-state index contributed by atoms with van der Waals surface area (Å²) in [6.45, 7) is 3.70. The van der Waals surface area contributed by atoms with Crippen LogP contribution in [-0.4, -0.2) is 33.2 Å². The molecule has 1 atom stereocenters. The van der Waals surface area contributed by atoms with Crippen molar-refractivity contribution in [2.75, 3.05) is 22.4 Å². The molecule has 25 heavy (non-hydrogen) atoms. The maximum atomic E-state index is 12.6. The Morgan fingerprint density at radius 2 is 1.92 bits per heavy atom. The van der Waals surface area contributed by atoms with Gasteiger partial charge in [0.25, 0.3) is 5.91 Å². The number of hydrogen-bond acceptors (Lipinski definition) is 4. The van der Waals surface area contributed by atoms with Crippen molar-refractivity contribution >= 4 is 27.3 Å². The van der Waals surface area contributed by atoms with Gasteiger partial charge in [0, 0.05) is 5.69 Å². The van der Waals surface area contributed by atoms with Crippen molar-refractivity contribution in [1.29, 1.82) is 0 Å². The fourth-order valence-corrected chi connectivity index (χ4v) is 3.64. The summed E-state index contributed by atoms with van der Waals surface area (Å²) in [5, 5.41) is 2.81. The molecule has 1 aliphatic heterocycles. The van der Waals surface area contributed by atoms with Gasteiger partial charge in [-0.15, -0.1) is 0 Å². The summed E-state index contributed by atoms with van der Waals surface area (Å²) in [4.78, 5) is 12.6. The molecular weight excluding hydrogens is 340 g/mol. The summed E-state index contributed by atoms with van der Waals surface area (Å²) in [5.74, 6) is 0.00128. The van der Waals surface area contributed by atoms with E-state index >= 15 is 0 Å². The topological polar surface area (TPSA) is 75.7 Å². The molecule has 1 aliphatic rings. The molecule has 2 aromatic carbocycles. The Morgan fingerprint density at radius 3 is 2.60 bits per heavy atom. The molecule has 0 saturated heterocycles. The predicted molar refractivity (Wildman–Crippen MR) is 97.6 cm³/mol. The Hall–Kier alpha value is -2.54. The third-order valence-corrected chi connectivity index (χ3v) is 5.23. The maximum absolute atomic E-state index is 12.6. The number of rotatable bonds is 3. The second kappa shape index (κ2) is 6.40. The van der Waals surface area contributed by atoms with E-state index in [9.17, 15) is 13.2 Å². The Bertz CT molecular complexity index is 924. The number of fused-ring (bicyclic) bond motifs is 1. The summed E-state index contributed by atoms with van der Waals surface area (Å²) in [5.41, 5.74) is 2.97. The molecule has 2 aromatic rings. The first kappa shape index (κ1) is 17.3. The lowest BCUT2D eigenvalue weighted by Gasteiger charge is -2.34. The lowest BCUT2D eigenvalue weighted by molar-refractivity contribution is -0.122. The number of nitrogens with zero attached hydrogens (tertiary/aromatic N) is 1. The molecule has 0 aromatic heterocycles. The number of sulfonamides is 1. The molecule has 0 unspecified atom stereocenters. The zero-order valence-electron chi connectivity index (χ0n) is 14.3. The number of benzene rings is 2. The molecule has 6 nitrogen and oxygen atoms in total. The number of aryl methyl sites for hydroxylation is 2. The van der Waals surface area contributed by atoms with Gasteiger partial charge in [-0.3, -0.25) is 9.10 Å². The van der Waals surface area contributed by atoms with Crippen LogP contribution in [-0.2, 0) is 14.8 Å². The zero-order valence-corrected chi connectivity index (χ0v) is 15.1. The van der Waals surface area contributed by atoms with Gasteiger partial charge in [0.1, 0.15) is 5.75 Å². The van der Waals surface area contributed by atoms with Gasteiger partial charge in [-0.25, -0.2) is 8.42 Å². The van der Waals surface area contributed by atoms with Crippen LogP contribution in [0, 0.1) is 13.8 Å². The van der Waals surface area contributed by atoms with Crippen LogP contribution in [0.4, 0.5) is 11.4 Å². The van der Waals surface area contributed by atoms with E-state index in [1.54, 1.807) is 18.2 Å². The second-order valence-corrected chi connectivity index (χ2v) is 8.08. The smallest absolute Gasteiger partial charge is 0.267 e. The second-order valence-electron chi connectivity index (χ2n) is 6.18. The Balaban J connectivity index is 1.90. The van der Waals surface area contributed by atoms with Crippen molar-refractivity contribution < 1.29 is 17.9 Å². The number of nitrogens with one attached hydrogen (secondary N) is 1. The number of amides is 1. The highest BCUT2D eigenvalue weighted by atomic mass is 32.2. The summed E-state index contributed by atoms with van der Waals surface area (Å²) in [6.07, 6.45) is 0.199. The third-order valence-electron chi connectivity index (χ3n) is 4.08. The minimum absolute atomic E-state index is 0.0625. The highest BCUT2D eigenvalue weighted by molar-refractivity contribution is 7.92. The zero-order chi connectivity index (χ0) is 18.2. The fourth-order valence-electron chi connectivity index (χ4n) is 2.74. The van der Waals surface area contributed by atoms with E-state index in [1.165, 1.54) is 4.31 Å². The average molecular weight is 360 g/mol. The van der Waals surface area contributed by atoms with E-state index in [1.807, 2.05) is 38.1 Å². The van der Waals surface area contributed by atoms with E-state index in [4.69, 9.17) is 4.74 Å². The molecule has 132 valence electrons. The van der Waals surface area contributed by atoms with Crippen LogP contribution in [0.5, 0.6) is 5.75 Å². The lowest BCUT2D eigenvalue weighted by atomic mass is 10.1. The van der Waals surface area contributed by atoms with Crippen LogP contribution in [0.15, 0.2) is 42.5 Å². The van der Waals surface area contributed by atoms with Crippen molar-refractivity contribution in [2.24, 2.45) is 0 Å². The first-order valence-electron chi connectivity index (χ1n) is 7.87. The van der Waals surface area contributed by atoms with Crippen molar-refractivity contribution in [2.45, 2.75) is 20.0 Å². The highest BCUT2D eigenvalue weighted by Crippen LogP contribution is 2.36. The van der Waals surface area contributed by atoms with E-state index in [-0.39, 0.29) is 12.5 Å². The van der Waals surface area contributed by atoms with Crippen LogP contribution in [0.2, 0.25) is 0 Å². The molecule has 0 radical (unpaired) electrons. The normalized spacial score (nSPS) is 16.8. The maximum Gasteiger partial charge on any atom is 0.267 e. The Labute approximate surface area is 147 Å². The van der Waals surface area contributed by atoms with Gasteiger partial charge in [-0.1, -0.05) is 24.3 Å². The number of ether oxygens (including phenoxy) is 1. The van der Waals surface area contributed by atoms with Gasteiger partial charge in [0.15, 0.2) is 6.10 Å². The molecular formula is C18H20N2O4S. The van der Waals surface area contributed by atoms with Gasteiger partial charge < -0.3 is 10.1 Å². The van der Waals surface area contributed by atoms with Crippen molar-refractivity contribution in [3.63, 3.8) is 0 Å². The first-order valence-corrected chi connectivity index (χ1v) is 9.72. The SMILES string of the molecule is Cc1ccc2c(c1)N(S(C)(=O)=O)C[C@H](C(=O)Nc1ccccc1C)O2. The van der Waals surface area contributed by atoms with Crippen molar-refractivity contribution in [3.8, 4) is 5.75 Å². The van der Waals surface area contributed by atoms with Gasteiger partial charge in [0.05, 0.1) is 18.5 Å². The molecule has 1 heterocycles. The number of anilines is 2. The average Bonchev–Trinajstić information content (AvgIpc) is 2.55. The molecule has 1 N–H and O–H groups in total. The quantitative estimate of drug-likeness (QED) is 0.912. The number of para-hydroxylation sites is 1. The van der Waals surface area contributed by atoms with Crippen LogP contribution >= 0.6 is 0 Å².